The first-order valence-corrected chi connectivity index (χ1v) is 9.64. The minimum absolute atomic E-state index is 0. The maximum absolute atomic E-state index is 10.7. The largest absolute Gasteiger partial charge is 1.00 e. The standard InChI is InChI=1S/C13H19N4O2PS.Na/c14-12(13(18)19)9-10-2-1-3-11(8-10)15-20(21,16-4-5-16)17-6-7-17;/h1-3,8,12H,4-7,9,14H2,(H,15,21)(H,18,19);/q;+1/p-1/t12-;/m0./s1. The van der Waals surface area contributed by atoms with Gasteiger partial charge in [-0.15, -0.1) is 0 Å². The molecule has 3 N–H and O–H groups in total. The quantitative estimate of drug-likeness (QED) is 0.302. The summed E-state index contributed by atoms with van der Waals surface area (Å²) in [5.74, 6) is -1.23. The molecule has 0 bridgehead atoms. The molecule has 2 fully saturated rings. The number of nitrogens with two attached hydrogens (primary N) is 1. The Morgan fingerprint density at radius 1 is 1.36 bits per heavy atom. The maximum Gasteiger partial charge on any atom is 1.00 e. The van der Waals surface area contributed by atoms with Crippen LogP contribution >= 0.6 is 6.49 Å². The van der Waals surface area contributed by atoms with Crippen molar-refractivity contribution >= 4 is 30.0 Å². The predicted molar refractivity (Wildman–Crippen MR) is 84.2 cm³/mol. The Bertz CT molecular complexity index is 593. The van der Waals surface area contributed by atoms with Crippen molar-refractivity contribution in [1.82, 2.24) is 9.34 Å². The summed E-state index contributed by atoms with van der Waals surface area (Å²) in [6, 6.07) is 6.66. The van der Waals surface area contributed by atoms with Crippen molar-refractivity contribution in [2.45, 2.75) is 12.5 Å². The van der Waals surface area contributed by atoms with E-state index in [2.05, 4.69) is 14.4 Å². The molecule has 9 heteroatoms. The fourth-order valence-electron chi connectivity index (χ4n) is 2.23. The van der Waals surface area contributed by atoms with Crippen molar-refractivity contribution < 1.29 is 39.5 Å². The summed E-state index contributed by atoms with van der Waals surface area (Å²) < 4.78 is 4.60. The van der Waals surface area contributed by atoms with Gasteiger partial charge in [-0.25, -0.2) is 9.34 Å². The molecule has 22 heavy (non-hydrogen) atoms. The van der Waals surface area contributed by atoms with E-state index in [4.69, 9.17) is 17.5 Å². The molecule has 0 amide bonds. The van der Waals surface area contributed by atoms with Crippen LogP contribution in [0.2, 0.25) is 0 Å². The number of carboxylic acid groups (broad SMARTS) is 1. The van der Waals surface area contributed by atoms with Gasteiger partial charge < -0.3 is 20.7 Å². The summed E-state index contributed by atoms with van der Waals surface area (Å²) in [6.07, 6.45) is 0.258. The van der Waals surface area contributed by atoms with Crippen LogP contribution in [0, 0.1) is 0 Å². The van der Waals surface area contributed by atoms with Crippen molar-refractivity contribution in [1.29, 1.82) is 0 Å². The van der Waals surface area contributed by atoms with Crippen LogP contribution in [0.25, 0.3) is 0 Å². The molecular weight excluding hydrogens is 330 g/mol. The summed E-state index contributed by atoms with van der Waals surface area (Å²) in [5, 5.41) is 14.2. The second kappa shape index (κ2) is 7.28. The number of nitrogens with zero attached hydrogens (tertiary/aromatic N) is 2. The summed E-state index contributed by atoms with van der Waals surface area (Å²) in [5.41, 5.74) is 7.33. The molecule has 0 unspecified atom stereocenters. The number of nitrogens with one attached hydrogen (secondary N) is 1. The molecule has 3 rings (SSSR count). The topological polar surface area (TPSA) is 84.2 Å². The molecule has 2 heterocycles. The Kier molecular flexibility index (Phi) is 6.07. The minimum atomic E-state index is -1.85. The van der Waals surface area contributed by atoms with Crippen LogP contribution in [0.5, 0.6) is 0 Å². The predicted octanol–water partition coefficient (Wildman–Crippen LogP) is -3.42. The van der Waals surface area contributed by atoms with Gasteiger partial charge in [0.1, 0.15) is 0 Å². The van der Waals surface area contributed by atoms with E-state index in [1.165, 1.54) is 0 Å². The van der Waals surface area contributed by atoms with E-state index in [0.29, 0.717) is 0 Å². The summed E-state index contributed by atoms with van der Waals surface area (Å²) in [7, 11) is 0. The smallest absolute Gasteiger partial charge is 0.548 e. The third-order valence-corrected chi connectivity index (χ3v) is 8.12. The number of carboxylic acids is 1. The average molecular weight is 348 g/mol. The molecule has 1 aromatic rings. The van der Waals surface area contributed by atoms with E-state index in [1.807, 2.05) is 24.3 Å². The van der Waals surface area contributed by atoms with Gasteiger partial charge in [0.05, 0.1) is 5.97 Å². The van der Waals surface area contributed by atoms with E-state index in [-0.39, 0.29) is 36.0 Å². The Balaban J connectivity index is 0.00000176. The molecule has 2 saturated heterocycles. The Hall–Kier alpha value is 0.0200. The van der Waals surface area contributed by atoms with Crippen LogP contribution in [-0.2, 0) is 23.0 Å². The molecule has 1 atom stereocenters. The van der Waals surface area contributed by atoms with Crippen LogP contribution in [0.3, 0.4) is 0 Å². The fraction of sp³-hybridized carbons (Fsp3) is 0.462. The third-order valence-electron chi connectivity index (χ3n) is 3.57. The van der Waals surface area contributed by atoms with E-state index in [0.717, 1.165) is 37.4 Å². The molecule has 114 valence electrons. The molecule has 0 saturated carbocycles. The molecule has 0 spiro atoms. The van der Waals surface area contributed by atoms with E-state index < -0.39 is 18.5 Å². The summed E-state index contributed by atoms with van der Waals surface area (Å²) in [6.45, 7) is 2.36. The van der Waals surface area contributed by atoms with E-state index in [1.54, 1.807) is 0 Å². The van der Waals surface area contributed by atoms with Gasteiger partial charge in [0.2, 0.25) is 0 Å². The molecule has 0 aromatic heterocycles. The van der Waals surface area contributed by atoms with Gasteiger partial charge in [0, 0.05) is 37.9 Å². The number of hydrogen-bond acceptors (Lipinski definition) is 4. The van der Waals surface area contributed by atoms with Crippen molar-refractivity contribution in [2.75, 3.05) is 31.3 Å². The zero-order valence-corrected chi connectivity index (χ0v) is 16.3. The summed E-state index contributed by atoms with van der Waals surface area (Å²) >= 11 is 5.85. The Morgan fingerprint density at radius 3 is 2.45 bits per heavy atom. The first-order chi connectivity index (χ1) is 9.99. The monoisotopic (exact) mass is 348 g/mol. The van der Waals surface area contributed by atoms with E-state index in [9.17, 15) is 9.90 Å². The van der Waals surface area contributed by atoms with Gasteiger partial charge in [-0.05, 0) is 35.9 Å². The van der Waals surface area contributed by atoms with Gasteiger partial charge in [-0.1, -0.05) is 12.1 Å². The van der Waals surface area contributed by atoms with Crippen molar-refractivity contribution in [3.05, 3.63) is 29.8 Å². The van der Waals surface area contributed by atoms with Gasteiger partial charge in [-0.3, -0.25) is 0 Å². The Labute approximate surface area is 157 Å². The number of hydrogen-bond donors (Lipinski definition) is 2. The second-order valence-corrected chi connectivity index (χ2v) is 9.36. The molecule has 1 aromatic carbocycles. The number of benzene rings is 1. The van der Waals surface area contributed by atoms with Gasteiger partial charge in [-0.2, -0.15) is 0 Å². The number of aliphatic carboxylic acids is 1. The van der Waals surface area contributed by atoms with Crippen LogP contribution < -0.4 is 45.5 Å². The maximum atomic E-state index is 10.7. The van der Waals surface area contributed by atoms with Crippen LogP contribution in [-0.4, -0.2) is 47.5 Å². The van der Waals surface area contributed by atoms with Gasteiger partial charge in [0.15, 0.2) is 6.49 Å². The van der Waals surface area contributed by atoms with E-state index >= 15 is 0 Å². The molecule has 6 nitrogen and oxygen atoms in total. The SMILES string of the molecule is N[C@@H](Cc1cccc(NP(=S)(N2CC2)N2CC2)c1)C(=O)[O-].[Na+]. The van der Waals surface area contributed by atoms with Crippen LogP contribution in [0.4, 0.5) is 5.69 Å². The third kappa shape index (κ3) is 4.30. The minimum Gasteiger partial charge on any atom is -0.548 e. The first-order valence-electron chi connectivity index (χ1n) is 6.93. The van der Waals surface area contributed by atoms with Crippen molar-refractivity contribution in [3.8, 4) is 0 Å². The number of rotatable bonds is 7. The number of anilines is 1. The number of carbonyl (C=O) groups excluding carboxylic acids is 1. The zero-order valence-electron chi connectivity index (χ0n) is 12.6. The molecule has 0 radical (unpaired) electrons. The van der Waals surface area contributed by atoms with Crippen molar-refractivity contribution in [3.63, 3.8) is 0 Å². The van der Waals surface area contributed by atoms with Gasteiger partial charge >= 0.3 is 29.6 Å². The zero-order chi connectivity index (χ0) is 15.0. The van der Waals surface area contributed by atoms with Gasteiger partial charge in [0.25, 0.3) is 0 Å². The first kappa shape index (κ1) is 18.4. The van der Waals surface area contributed by atoms with Crippen molar-refractivity contribution in [2.24, 2.45) is 5.73 Å². The summed E-state index contributed by atoms with van der Waals surface area (Å²) in [4.78, 5) is 10.7. The normalized spacial score (nSPS) is 19.1. The molecule has 2 aliphatic rings. The molecular formula is C13H18N4NaO2PS. The second-order valence-electron chi connectivity index (χ2n) is 5.39. The molecule has 0 aliphatic carbocycles. The fourth-order valence-corrected chi connectivity index (χ4v) is 5.90. The Morgan fingerprint density at radius 2 is 1.95 bits per heavy atom. The molecule has 2 aliphatic heterocycles. The van der Waals surface area contributed by atoms with Crippen LogP contribution in [0.15, 0.2) is 24.3 Å². The number of carbonyl (C=O) groups is 1. The average Bonchev–Trinajstić information content (AvgIpc) is 3.30. The van der Waals surface area contributed by atoms with Crippen LogP contribution in [0.1, 0.15) is 5.56 Å².